The van der Waals surface area contributed by atoms with Gasteiger partial charge in [0.25, 0.3) is 11.8 Å². The summed E-state index contributed by atoms with van der Waals surface area (Å²) < 4.78 is 10.7. The van der Waals surface area contributed by atoms with Crippen molar-refractivity contribution < 1.29 is 28.7 Å². The number of hydrogen-bond acceptors (Lipinski definition) is 7. The number of aryl methyl sites for hydroxylation is 2. The van der Waals surface area contributed by atoms with Crippen LogP contribution in [0.15, 0.2) is 77.5 Å². The van der Waals surface area contributed by atoms with E-state index < -0.39 is 23.8 Å². The van der Waals surface area contributed by atoms with Gasteiger partial charge in [-0.15, -0.1) is 0 Å². The van der Waals surface area contributed by atoms with Crippen LogP contribution >= 0.6 is 11.6 Å². The molecule has 0 spiro atoms. The Morgan fingerprint density at radius 1 is 0.895 bits per heavy atom. The van der Waals surface area contributed by atoms with Crippen molar-refractivity contribution in [1.29, 1.82) is 0 Å². The molecule has 1 aliphatic rings. The van der Waals surface area contributed by atoms with Crippen LogP contribution in [-0.4, -0.2) is 30.4 Å². The van der Waals surface area contributed by atoms with Crippen molar-refractivity contribution >= 4 is 46.7 Å². The molecule has 0 saturated carbocycles. The number of carbonyl (C=O) groups is 4. The van der Waals surface area contributed by atoms with Crippen molar-refractivity contribution in [2.24, 2.45) is 0 Å². The van der Waals surface area contributed by atoms with Crippen molar-refractivity contribution in [2.45, 2.75) is 27.2 Å². The van der Waals surface area contributed by atoms with E-state index in [4.69, 9.17) is 21.1 Å². The average Bonchev–Trinajstić information content (AvgIpc) is 3.09. The number of hydrogen-bond donors (Lipinski definition) is 1. The first kappa shape index (κ1) is 26.6. The van der Waals surface area contributed by atoms with Gasteiger partial charge in [-0.1, -0.05) is 36.7 Å². The van der Waals surface area contributed by atoms with Crippen molar-refractivity contribution in [2.75, 3.05) is 16.8 Å². The molecule has 2 amide bonds. The van der Waals surface area contributed by atoms with E-state index in [2.05, 4.69) is 5.32 Å². The van der Waals surface area contributed by atoms with Gasteiger partial charge in [0, 0.05) is 5.69 Å². The highest BCUT2D eigenvalue weighted by Crippen LogP contribution is 2.32. The van der Waals surface area contributed by atoms with Crippen LogP contribution in [-0.2, 0) is 14.3 Å². The topological polar surface area (TPSA) is 102 Å². The molecular weight excluding hydrogens is 508 g/mol. The van der Waals surface area contributed by atoms with Crippen molar-refractivity contribution in [1.82, 2.24) is 0 Å². The van der Waals surface area contributed by atoms with Gasteiger partial charge in [-0.05, 0) is 79.9 Å². The Bertz CT molecular complexity index is 1440. The minimum Gasteiger partial charge on any atom is -0.462 e. The molecule has 1 heterocycles. The third-order valence-electron chi connectivity index (χ3n) is 5.63. The number of halogens is 1. The van der Waals surface area contributed by atoms with Crippen LogP contribution < -0.4 is 15.0 Å². The van der Waals surface area contributed by atoms with Gasteiger partial charge in [-0.2, -0.15) is 0 Å². The van der Waals surface area contributed by atoms with E-state index in [1.54, 1.807) is 36.4 Å². The lowest BCUT2D eigenvalue weighted by Gasteiger charge is -2.18. The molecule has 1 N–H and O–H groups in total. The number of ether oxygens (including phenoxy) is 2. The maximum absolute atomic E-state index is 13.2. The molecule has 4 rings (SSSR count). The van der Waals surface area contributed by atoms with E-state index in [0.29, 0.717) is 23.4 Å². The number of imide groups is 1. The molecule has 3 aromatic rings. The highest BCUT2D eigenvalue weighted by molar-refractivity contribution is 6.53. The van der Waals surface area contributed by atoms with Crippen molar-refractivity contribution in [3.63, 3.8) is 0 Å². The number of benzene rings is 3. The number of anilines is 2. The number of nitrogens with one attached hydrogen (secondary N) is 1. The Morgan fingerprint density at radius 3 is 2.21 bits per heavy atom. The van der Waals surface area contributed by atoms with Crippen LogP contribution in [0.3, 0.4) is 0 Å². The summed E-state index contributed by atoms with van der Waals surface area (Å²) in [6, 6.07) is 17.8. The van der Waals surface area contributed by atoms with Gasteiger partial charge in [-0.3, -0.25) is 9.59 Å². The highest BCUT2D eigenvalue weighted by atomic mass is 35.5. The van der Waals surface area contributed by atoms with Gasteiger partial charge in [0.2, 0.25) is 0 Å². The summed E-state index contributed by atoms with van der Waals surface area (Å²) in [6.45, 7) is 5.89. The third kappa shape index (κ3) is 5.60. The van der Waals surface area contributed by atoms with E-state index >= 15 is 0 Å². The number of para-hydroxylation sites is 1. The number of nitrogens with zero attached hydrogens (tertiary/aromatic N) is 1. The summed E-state index contributed by atoms with van der Waals surface area (Å²) >= 11 is 6.25. The smallest absolute Gasteiger partial charge is 0.343 e. The average molecular weight is 533 g/mol. The quantitative estimate of drug-likeness (QED) is 0.231. The number of carbonyl (C=O) groups excluding carboxylic acids is 4. The lowest BCUT2D eigenvalue weighted by Crippen LogP contribution is -2.33. The van der Waals surface area contributed by atoms with Gasteiger partial charge in [0.15, 0.2) is 0 Å². The molecule has 0 aromatic heterocycles. The second kappa shape index (κ2) is 11.3. The first-order valence-electron chi connectivity index (χ1n) is 11.9. The number of amides is 2. The van der Waals surface area contributed by atoms with E-state index in [1.165, 1.54) is 24.3 Å². The van der Waals surface area contributed by atoms with Crippen molar-refractivity contribution in [3.8, 4) is 5.75 Å². The van der Waals surface area contributed by atoms with Gasteiger partial charge in [0.05, 0.1) is 23.4 Å². The standard InChI is InChI=1S/C29H25ClN2O6/c1-4-13-37-29(36)22-7-5-6-8-23(22)32-26(33)24(30)25(27(32)34)31-20-11-9-19(10-12-20)28(35)38-21-15-17(2)14-18(3)16-21/h5-12,14-16,31H,4,13H2,1-3H3. The number of esters is 2. The van der Waals surface area contributed by atoms with Crippen LogP contribution in [0.25, 0.3) is 0 Å². The number of rotatable bonds is 8. The second-order valence-electron chi connectivity index (χ2n) is 8.70. The maximum Gasteiger partial charge on any atom is 0.343 e. The minimum absolute atomic E-state index is 0.0695. The second-order valence-corrected chi connectivity index (χ2v) is 9.08. The summed E-state index contributed by atoms with van der Waals surface area (Å²) in [5, 5.41) is 2.52. The van der Waals surface area contributed by atoms with Gasteiger partial charge in [-0.25, -0.2) is 14.5 Å². The molecular formula is C29H25ClN2O6. The van der Waals surface area contributed by atoms with E-state index in [-0.39, 0.29) is 28.6 Å². The van der Waals surface area contributed by atoms with Crippen LogP contribution in [0, 0.1) is 13.8 Å². The minimum atomic E-state index is -0.774. The lowest BCUT2D eigenvalue weighted by atomic mass is 10.1. The van der Waals surface area contributed by atoms with Gasteiger partial charge in [0.1, 0.15) is 16.5 Å². The molecule has 0 aliphatic carbocycles. The molecule has 8 nitrogen and oxygen atoms in total. The molecule has 9 heteroatoms. The molecule has 1 aliphatic heterocycles. The lowest BCUT2D eigenvalue weighted by molar-refractivity contribution is -0.120. The molecule has 0 fully saturated rings. The van der Waals surface area contributed by atoms with Crippen LogP contribution in [0.2, 0.25) is 0 Å². The maximum atomic E-state index is 13.2. The molecule has 3 aromatic carbocycles. The summed E-state index contributed by atoms with van der Waals surface area (Å²) in [7, 11) is 0. The Balaban J connectivity index is 1.50. The van der Waals surface area contributed by atoms with E-state index in [9.17, 15) is 19.2 Å². The molecule has 0 unspecified atom stereocenters. The Hall–Kier alpha value is -4.43. The monoisotopic (exact) mass is 532 g/mol. The van der Waals surface area contributed by atoms with Gasteiger partial charge >= 0.3 is 11.9 Å². The fourth-order valence-electron chi connectivity index (χ4n) is 3.94. The Labute approximate surface area is 224 Å². The largest absolute Gasteiger partial charge is 0.462 e. The molecule has 38 heavy (non-hydrogen) atoms. The van der Waals surface area contributed by atoms with Crippen LogP contribution in [0.5, 0.6) is 5.75 Å². The molecule has 0 radical (unpaired) electrons. The molecule has 194 valence electrons. The summed E-state index contributed by atoms with van der Waals surface area (Å²) in [5.41, 5.74) is 2.65. The normalized spacial score (nSPS) is 13.1. The molecule has 0 atom stereocenters. The third-order valence-corrected chi connectivity index (χ3v) is 5.98. The SMILES string of the molecule is CCCOC(=O)c1ccccc1N1C(=O)C(Cl)=C(Nc2ccc(C(=O)Oc3cc(C)cc(C)c3)cc2)C1=O. The Morgan fingerprint density at radius 2 is 1.55 bits per heavy atom. The first-order valence-corrected chi connectivity index (χ1v) is 12.3. The summed E-state index contributed by atoms with van der Waals surface area (Å²) in [6.07, 6.45) is 0.624. The zero-order chi connectivity index (χ0) is 27.4. The zero-order valence-corrected chi connectivity index (χ0v) is 21.8. The summed E-state index contributed by atoms with van der Waals surface area (Å²) in [5.74, 6) is -2.24. The fourth-order valence-corrected chi connectivity index (χ4v) is 4.15. The molecule has 0 saturated heterocycles. The highest BCUT2D eigenvalue weighted by Gasteiger charge is 2.40. The van der Waals surface area contributed by atoms with E-state index in [0.717, 1.165) is 16.0 Å². The fraction of sp³-hybridized carbons (Fsp3) is 0.172. The summed E-state index contributed by atoms with van der Waals surface area (Å²) in [4.78, 5) is 52.1. The van der Waals surface area contributed by atoms with Crippen LogP contribution in [0.1, 0.15) is 45.2 Å². The Kier molecular flexibility index (Phi) is 7.93. The zero-order valence-electron chi connectivity index (χ0n) is 21.0. The van der Waals surface area contributed by atoms with E-state index in [1.807, 2.05) is 26.8 Å². The predicted molar refractivity (Wildman–Crippen MR) is 143 cm³/mol. The predicted octanol–water partition coefficient (Wildman–Crippen LogP) is 5.53. The van der Waals surface area contributed by atoms with Gasteiger partial charge < -0.3 is 14.8 Å². The van der Waals surface area contributed by atoms with Crippen LogP contribution in [0.4, 0.5) is 11.4 Å². The van der Waals surface area contributed by atoms with Crippen molar-refractivity contribution in [3.05, 3.63) is 99.7 Å². The molecule has 0 bridgehead atoms. The first-order chi connectivity index (χ1) is 18.2.